The van der Waals surface area contributed by atoms with Gasteiger partial charge in [-0.25, -0.2) is 4.79 Å². The third kappa shape index (κ3) is 3.74. The minimum atomic E-state index is -0.370. The molecule has 106 valence electrons. The molecule has 0 aliphatic rings. The fourth-order valence-corrected chi connectivity index (χ4v) is 3.00. The molecule has 0 saturated carbocycles. The van der Waals surface area contributed by atoms with Gasteiger partial charge in [0.05, 0.1) is 17.3 Å². The van der Waals surface area contributed by atoms with Crippen LogP contribution in [0.2, 0.25) is 0 Å². The van der Waals surface area contributed by atoms with Crippen LogP contribution in [0.15, 0.2) is 34.8 Å². The van der Waals surface area contributed by atoms with Crippen molar-refractivity contribution in [3.63, 3.8) is 0 Å². The van der Waals surface area contributed by atoms with Crippen molar-refractivity contribution in [2.45, 2.75) is 13.5 Å². The summed E-state index contributed by atoms with van der Waals surface area (Å²) >= 11 is 4.74. The Hall–Kier alpha value is -1.53. The molecule has 3 N–H and O–H groups in total. The Bertz CT molecular complexity index is 613. The molecule has 20 heavy (non-hydrogen) atoms. The first kappa shape index (κ1) is 14.9. The lowest BCUT2D eigenvalue weighted by Gasteiger charge is -2.04. The maximum Gasteiger partial charge on any atom is 0.350 e. The van der Waals surface area contributed by atoms with E-state index in [2.05, 4.69) is 21.2 Å². The number of nitrogens with two attached hydrogens (primary N) is 1. The average molecular weight is 355 g/mol. The van der Waals surface area contributed by atoms with Gasteiger partial charge in [0.2, 0.25) is 0 Å². The van der Waals surface area contributed by atoms with Crippen LogP contribution >= 0.6 is 27.3 Å². The summed E-state index contributed by atoms with van der Waals surface area (Å²) in [6, 6.07) is 9.78. The van der Waals surface area contributed by atoms with Crippen LogP contribution in [-0.4, -0.2) is 12.6 Å². The van der Waals surface area contributed by atoms with E-state index < -0.39 is 0 Å². The highest BCUT2D eigenvalue weighted by Crippen LogP contribution is 2.30. The van der Waals surface area contributed by atoms with E-state index in [1.165, 1.54) is 11.3 Å². The summed E-state index contributed by atoms with van der Waals surface area (Å²) in [5.74, 6) is -0.370. The van der Waals surface area contributed by atoms with Crippen LogP contribution in [0.3, 0.4) is 0 Å². The zero-order valence-electron chi connectivity index (χ0n) is 11.0. The van der Waals surface area contributed by atoms with E-state index >= 15 is 0 Å². The molecule has 0 bridgehead atoms. The Morgan fingerprint density at radius 3 is 2.95 bits per heavy atom. The summed E-state index contributed by atoms with van der Waals surface area (Å²) in [5.41, 5.74) is 7.42. The molecule has 0 spiro atoms. The van der Waals surface area contributed by atoms with E-state index in [0.717, 1.165) is 15.0 Å². The number of ether oxygens (including phenoxy) is 1. The quantitative estimate of drug-likeness (QED) is 0.799. The predicted molar refractivity (Wildman–Crippen MR) is 86.2 cm³/mol. The fourth-order valence-electron chi connectivity index (χ4n) is 1.68. The Morgan fingerprint density at radius 1 is 1.45 bits per heavy atom. The number of carbonyl (C=O) groups is 1. The molecular formula is C14H15BrN2O2S. The number of nitrogen functional groups attached to an aromatic ring is 1. The van der Waals surface area contributed by atoms with E-state index in [0.29, 0.717) is 23.7 Å². The van der Waals surface area contributed by atoms with Crippen molar-refractivity contribution in [1.82, 2.24) is 0 Å². The fraction of sp³-hybridized carbons (Fsp3) is 0.214. The van der Waals surface area contributed by atoms with Gasteiger partial charge < -0.3 is 15.8 Å². The van der Waals surface area contributed by atoms with Gasteiger partial charge in [-0.2, -0.15) is 0 Å². The molecule has 4 nitrogen and oxygen atoms in total. The average Bonchev–Trinajstić information content (AvgIpc) is 2.78. The molecule has 0 aliphatic carbocycles. The van der Waals surface area contributed by atoms with Crippen molar-refractivity contribution in [2.24, 2.45) is 0 Å². The number of benzene rings is 1. The van der Waals surface area contributed by atoms with E-state index in [1.807, 2.05) is 24.3 Å². The van der Waals surface area contributed by atoms with Crippen molar-refractivity contribution in [2.75, 3.05) is 17.7 Å². The number of hydrogen-bond acceptors (Lipinski definition) is 5. The van der Waals surface area contributed by atoms with E-state index in [4.69, 9.17) is 10.5 Å². The normalized spacial score (nSPS) is 10.3. The maximum atomic E-state index is 11.7. The van der Waals surface area contributed by atoms with Crippen LogP contribution in [0, 0.1) is 0 Å². The van der Waals surface area contributed by atoms with Crippen LogP contribution < -0.4 is 11.1 Å². The zero-order valence-corrected chi connectivity index (χ0v) is 13.4. The largest absolute Gasteiger partial charge is 0.462 e. The van der Waals surface area contributed by atoms with Crippen molar-refractivity contribution < 1.29 is 9.53 Å². The molecule has 6 heteroatoms. The summed E-state index contributed by atoms with van der Waals surface area (Å²) in [6.07, 6.45) is 0. The van der Waals surface area contributed by atoms with E-state index in [1.54, 1.807) is 13.0 Å². The van der Waals surface area contributed by atoms with Crippen LogP contribution in [0.1, 0.15) is 22.2 Å². The van der Waals surface area contributed by atoms with E-state index in [-0.39, 0.29) is 5.97 Å². The van der Waals surface area contributed by atoms with Gasteiger partial charge in [-0.05, 0) is 30.7 Å². The second-order valence-corrected chi connectivity index (χ2v) is 6.07. The number of anilines is 2. The number of carbonyl (C=O) groups excluding carboxylic acids is 1. The van der Waals surface area contributed by atoms with Crippen LogP contribution in [0.4, 0.5) is 10.7 Å². The standard InChI is InChI=1S/C14H15BrN2O2S/c1-2-19-14(18)13-11(16)7-12(20-13)17-8-9-4-3-5-10(15)6-9/h3-7,17H,2,8,16H2,1H3. The molecule has 0 atom stereocenters. The summed E-state index contributed by atoms with van der Waals surface area (Å²) in [6.45, 7) is 2.78. The van der Waals surface area contributed by atoms with Crippen molar-refractivity contribution in [1.29, 1.82) is 0 Å². The van der Waals surface area contributed by atoms with Crippen molar-refractivity contribution >= 4 is 43.9 Å². The lowest BCUT2D eigenvalue weighted by Crippen LogP contribution is -2.04. The summed E-state index contributed by atoms with van der Waals surface area (Å²) in [5, 5.41) is 4.11. The first-order valence-electron chi connectivity index (χ1n) is 6.15. The Balaban J connectivity index is 2.04. The number of esters is 1. The molecule has 1 heterocycles. The van der Waals surface area contributed by atoms with Gasteiger partial charge in [0.25, 0.3) is 0 Å². The Kier molecular flexibility index (Phi) is 5.03. The Labute approximate surface area is 130 Å². The molecule has 2 rings (SSSR count). The second kappa shape index (κ2) is 6.76. The van der Waals surface area contributed by atoms with Crippen molar-refractivity contribution in [3.05, 3.63) is 45.2 Å². The van der Waals surface area contributed by atoms with Gasteiger partial charge in [0.1, 0.15) is 4.88 Å². The summed E-state index contributed by atoms with van der Waals surface area (Å²) < 4.78 is 5.99. The lowest BCUT2D eigenvalue weighted by molar-refractivity contribution is 0.0533. The third-order valence-corrected chi connectivity index (χ3v) is 4.16. The van der Waals surface area contributed by atoms with E-state index in [9.17, 15) is 4.79 Å². The SMILES string of the molecule is CCOC(=O)c1sc(NCc2cccc(Br)c2)cc1N. The monoisotopic (exact) mass is 354 g/mol. The molecular weight excluding hydrogens is 340 g/mol. The lowest BCUT2D eigenvalue weighted by atomic mass is 10.2. The molecule has 0 aliphatic heterocycles. The summed E-state index contributed by atoms with van der Waals surface area (Å²) in [4.78, 5) is 12.1. The molecule has 2 aromatic rings. The van der Waals surface area contributed by atoms with Gasteiger partial charge in [0, 0.05) is 11.0 Å². The number of hydrogen-bond donors (Lipinski definition) is 2. The number of rotatable bonds is 5. The molecule has 0 fully saturated rings. The van der Waals surface area contributed by atoms with Crippen LogP contribution in [-0.2, 0) is 11.3 Å². The van der Waals surface area contributed by atoms with Crippen LogP contribution in [0.5, 0.6) is 0 Å². The Morgan fingerprint density at radius 2 is 2.25 bits per heavy atom. The first-order valence-corrected chi connectivity index (χ1v) is 7.76. The van der Waals surface area contributed by atoms with Crippen LogP contribution in [0.25, 0.3) is 0 Å². The number of nitrogens with one attached hydrogen (secondary N) is 1. The molecule has 0 radical (unpaired) electrons. The predicted octanol–water partition coefficient (Wildman–Crippen LogP) is 3.88. The minimum absolute atomic E-state index is 0.344. The maximum absolute atomic E-state index is 11.7. The number of thiophene rings is 1. The second-order valence-electron chi connectivity index (χ2n) is 4.10. The highest BCUT2D eigenvalue weighted by atomic mass is 79.9. The number of halogens is 1. The third-order valence-electron chi connectivity index (χ3n) is 2.58. The molecule has 0 saturated heterocycles. The highest BCUT2D eigenvalue weighted by molar-refractivity contribution is 9.10. The van der Waals surface area contributed by atoms with Gasteiger partial charge in [-0.1, -0.05) is 28.1 Å². The smallest absolute Gasteiger partial charge is 0.350 e. The molecule has 1 aromatic carbocycles. The van der Waals surface area contributed by atoms with Crippen molar-refractivity contribution in [3.8, 4) is 0 Å². The van der Waals surface area contributed by atoms with Gasteiger partial charge in [-0.15, -0.1) is 11.3 Å². The van der Waals surface area contributed by atoms with Gasteiger partial charge in [0.15, 0.2) is 0 Å². The minimum Gasteiger partial charge on any atom is -0.462 e. The summed E-state index contributed by atoms with van der Waals surface area (Å²) in [7, 11) is 0. The molecule has 0 unspecified atom stereocenters. The highest BCUT2D eigenvalue weighted by Gasteiger charge is 2.15. The first-order chi connectivity index (χ1) is 9.60. The van der Waals surface area contributed by atoms with Gasteiger partial charge >= 0.3 is 5.97 Å². The zero-order chi connectivity index (χ0) is 14.5. The molecule has 1 aromatic heterocycles. The molecule has 0 amide bonds. The van der Waals surface area contributed by atoms with Gasteiger partial charge in [-0.3, -0.25) is 0 Å². The topological polar surface area (TPSA) is 64.3 Å².